The first-order valence-electron chi connectivity index (χ1n) is 7.68. The van der Waals surface area contributed by atoms with Gasteiger partial charge in [0, 0.05) is 4.47 Å². The van der Waals surface area contributed by atoms with Crippen molar-refractivity contribution in [1.82, 2.24) is 9.97 Å². The van der Waals surface area contributed by atoms with Gasteiger partial charge in [-0.1, -0.05) is 52.0 Å². The van der Waals surface area contributed by atoms with Crippen LogP contribution < -0.4 is 0 Å². The van der Waals surface area contributed by atoms with Crippen molar-refractivity contribution in [2.24, 2.45) is 0 Å². The van der Waals surface area contributed by atoms with E-state index in [2.05, 4.69) is 25.9 Å². The van der Waals surface area contributed by atoms with Gasteiger partial charge in [0.05, 0.1) is 17.6 Å². The lowest BCUT2D eigenvalue weighted by molar-refractivity contribution is -0.142. The summed E-state index contributed by atoms with van der Waals surface area (Å²) in [5.41, 5.74) is 2.94. The highest BCUT2D eigenvalue weighted by Crippen LogP contribution is 2.27. The van der Waals surface area contributed by atoms with Gasteiger partial charge in [0.1, 0.15) is 5.25 Å². The van der Waals surface area contributed by atoms with Crippen LogP contribution in [-0.4, -0.2) is 27.8 Å². The van der Waals surface area contributed by atoms with E-state index in [-0.39, 0.29) is 11.2 Å². The molecule has 0 bridgehead atoms. The van der Waals surface area contributed by atoms with Crippen LogP contribution in [0.25, 0.3) is 11.0 Å². The van der Waals surface area contributed by atoms with Crippen LogP contribution >= 0.6 is 27.7 Å². The topological polar surface area (TPSA) is 55.0 Å². The van der Waals surface area contributed by atoms with Crippen LogP contribution in [0.15, 0.2) is 58.2 Å². The Morgan fingerprint density at radius 1 is 1.25 bits per heavy atom. The van der Waals surface area contributed by atoms with Gasteiger partial charge in [0.25, 0.3) is 0 Å². The Hall–Kier alpha value is -1.79. The summed E-state index contributed by atoms with van der Waals surface area (Å²) in [7, 11) is 0. The fourth-order valence-electron chi connectivity index (χ4n) is 2.36. The summed E-state index contributed by atoms with van der Waals surface area (Å²) in [6, 6.07) is 15.8. The number of nitrogens with zero attached hydrogens (tertiary/aromatic N) is 1. The number of aromatic amines is 1. The number of H-pyrrole nitrogens is 1. The summed E-state index contributed by atoms with van der Waals surface area (Å²) in [5, 5.41) is 0.387. The predicted octanol–water partition coefficient (Wildman–Crippen LogP) is 4.59. The molecule has 24 heavy (non-hydrogen) atoms. The molecule has 2 aromatic carbocycles. The SMILES string of the molecule is CCOC(=O)[C@H](Cc1ccc(Br)cc1)Sc1nc2ccccc2[nH]1. The van der Waals surface area contributed by atoms with Gasteiger partial charge in [-0.15, -0.1) is 0 Å². The maximum absolute atomic E-state index is 12.3. The summed E-state index contributed by atoms with van der Waals surface area (Å²) in [5.74, 6) is -0.217. The average Bonchev–Trinajstić information content (AvgIpc) is 2.99. The van der Waals surface area contributed by atoms with Crippen LogP contribution in [0, 0.1) is 0 Å². The maximum atomic E-state index is 12.3. The molecule has 0 spiro atoms. The lowest BCUT2D eigenvalue weighted by Crippen LogP contribution is -2.23. The largest absolute Gasteiger partial charge is 0.465 e. The van der Waals surface area contributed by atoms with Crippen molar-refractivity contribution in [3.05, 3.63) is 58.6 Å². The molecule has 0 aliphatic rings. The molecule has 0 aliphatic carbocycles. The minimum atomic E-state index is -0.341. The van der Waals surface area contributed by atoms with Crippen LogP contribution in [0.2, 0.25) is 0 Å². The highest BCUT2D eigenvalue weighted by Gasteiger charge is 2.23. The van der Waals surface area contributed by atoms with Crippen LogP contribution in [0.5, 0.6) is 0 Å². The number of carbonyl (C=O) groups excluding carboxylic acids is 1. The zero-order chi connectivity index (χ0) is 16.9. The molecule has 3 rings (SSSR count). The number of benzene rings is 2. The second-order valence-electron chi connectivity index (χ2n) is 5.25. The number of para-hydroxylation sites is 2. The van der Waals surface area contributed by atoms with E-state index < -0.39 is 0 Å². The molecule has 1 N–H and O–H groups in total. The zero-order valence-corrected chi connectivity index (χ0v) is 15.6. The van der Waals surface area contributed by atoms with Crippen molar-refractivity contribution in [2.75, 3.05) is 6.61 Å². The molecular formula is C18H17BrN2O2S. The van der Waals surface area contributed by atoms with Crippen molar-refractivity contribution in [2.45, 2.75) is 23.8 Å². The molecule has 1 heterocycles. The molecule has 0 amide bonds. The number of carbonyl (C=O) groups is 1. The Labute approximate surface area is 153 Å². The molecule has 4 nitrogen and oxygen atoms in total. The monoisotopic (exact) mass is 404 g/mol. The number of rotatable bonds is 6. The summed E-state index contributed by atoms with van der Waals surface area (Å²) < 4.78 is 6.25. The quantitative estimate of drug-likeness (QED) is 0.481. The van der Waals surface area contributed by atoms with Crippen LogP contribution in [0.1, 0.15) is 12.5 Å². The van der Waals surface area contributed by atoms with Crippen LogP contribution in [0.3, 0.4) is 0 Å². The van der Waals surface area contributed by atoms with Gasteiger partial charge in [-0.2, -0.15) is 0 Å². The standard InChI is InChI=1S/C18H17BrN2O2S/c1-2-23-17(22)16(11-12-7-9-13(19)10-8-12)24-18-20-14-5-3-4-6-15(14)21-18/h3-10,16H,2,11H2,1H3,(H,20,21)/t16-/m0/s1. The van der Waals surface area contributed by atoms with Crippen LogP contribution in [0.4, 0.5) is 0 Å². The first kappa shape index (κ1) is 17.0. The van der Waals surface area contributed by atoms with Crippen molar-refractivity contribution in [1.29, 1.82) is 0 Å². The Bertz CT molecular complexity index is 799. The number of nitrogens with one attached hydrogen (secondary N) is 1. The zero-order valence-electron chi connectivity index (χ0n) is 13.2. The molecule has 0 radical (unpaired) electrons. The normalized spacial score (nSPS) is 12.2. The van der Waals surface area contributed by atoms with E-state index in [9.17, 15) is 4.79 Å². The number of hydrogen-bond donors (Lipinski definition) is 1. The number of imidazole rings is 1. The number of halogens is 1. The summed E-state index contributed by atoms with van der Waals surface area (Å²) in [6.07, 6.45) is 0.591. The van der Waals surface area contributed by atoms with Gasteiger partial charge in [-0.05, 0) is 43.2 Å². The predicted molar refractivity (Wildman–Crippen MR) is 100 cm³/mol. The van der Waals surface area contributed by atoms with E-state index in [0.717, 1.165) is 26.2 Å². The molecule has 3 aromatic rings. The molecule has 124 valence electrons. The van der Waals surface area contributed by atoms with E-state index in [1.165, 1.54) is 11.8 Å². The minimum absolute atomic E-state index is 0.217. The van der Waals surface area contributed by atoms with Gasteiger partial charge >= 0.3 is 5.97 Å². The fraction of sp³-hybridized carbons (Fsp3) is 0.222. The third-order valence-electron chi connectivity index (χ3n) is 3.51. The fourth-order valence-corrected chi connectivity index (χ4v) is 3.66. The van der Waals surface area contributed by atoms with Crippen molar-refractivity contribution < 1.29 is 9.53 Å². The third kappa shape index (κ3) is 4.19. The minimum Gasteiger partial charge on any atom is -0.465 e. The van der Waals surface area contributed by atoms with E-state index in [0.29, 0.717) is 13.0 Å². The number of fused-ring (bicyclic) bond motifs is 1. The lowest BCUT2D eigenvalue weighted by atomic mass is 10.1. The molecule has 0 saturated carbocycles. The smallest absolute Gasteiger partial charge is 0.319 e. The van der Waals surface area contributed by atoms with Gasteiger partial charge in [0.2, 0.25) is 0 Å². The van der Waals surface area contributed by atoms with Gasteiger partial charge in [-0.3, -0.25) is 4.79 Å². The number of ether oxygens (including phenoxy) is 1. The Morgan fingerprint density at radius 3 is 2.71 bits per heavy atom. The van der Waals surface area contributed by atoms with E-state index >= 15 is 0 Å². The number of thioether (sulfide) groups is 1. The molecule has 0 unspecified atom stereocenters. The van der Waals surface area contributed by atoms with Gasteiger partial charge in [-0.25, -0.2) is 4.98 Å². The molecular weight excluding hydrogens is 388 g/mol. The molecule has 1 atom stereocenters. The van der Waals surface area contributed by atoms with Crippen LogP contribution in [-0.2, 0) is 16.0 Å². The molecule has 6 heteroatoms. The highest BCUT2D eigenvalue weighted by atomic mass is 79.9. The molecule has 0 fully saturated rings. The summed E-state index contributed by atoms with van der Waals surface area (Å²) >= 11 is 4.84. The Morgan fingerprint density at radius 2 is 2.00 bits per heavy atom. The van der Waals surface area contributed by atoms with Crippen molar-refractivity contribution in [3.8, 4) is 0 Å². The third-order valence-corrected chi connectivity index (χ3v) is 5.09. The maximum Gasteiger partial charge on any atom is 0.319 e. The second kappa shape index (κ2) is 7.85. The molecule has 0 aliphatic heterocycles. The Balaban J connectivity index is 1.81. The number of hydrogen-bond acceptors (Lipinski definition) is 4. The first-order valence-corrected chi connectivity index (χ1v) is 9.35. The van der Waals surface area contributed by atoms with E-state index in [1.54, 1.807) is 0 Å². The van der Waals surface area contributed by atoms with E-state index in [1.807, 2.05) is 55.5 Å². The molecule has 1 aromatic heterocycles. The number of aromatic nitrogens is 2. The summed E-state index contributed by atoms with van der Waals surface area (Å²) in [6.45, 7) is 2.19. The Kier molecular flexibility index (Phi) is 5.58. The van der Waals surface area contributed by atoms with E-state index in [4.69, 9.17) is 4.74 Å². The number of esters is 1. The van der Waals surface area contributed by atoms with Gasteiger partial charge < -0.3 is 9.72 Å². The van der Waals surface area contributed by atoms with Crippen molar-refractivity contribution >= 4 is 44.7 Å². The second-order valence-corrected chi connectivity index (χ2v) is 7.36. The average molecular weight is 405 g/mol. The van der Waals surface area contributed by atoms with Gasteiger partial charge in [0.15, 0.2) is 5.16 Å². The molecule has 0 saturated heterocycles. The summed E-state index contributed by atoms with van der Waals surface area (Å²) in [4.78, 5) is 20.1. The van der Waals surface area contributed by atoms with Crippen molar-refractivity contribution in [3.63, 3.8) is 0 Å². The lowest BCUT2D eigenvalue weighted by Gasteiger charge is -2.14. The first-order chi connectivity index (χ1) is 11.7. The highest BCUT2D eigenvalue weighted by molar-refractivity contribution is 9.10.